The van der Waals surface area contributed by atoms with Gasteiger partial charge in [0, 0.05) is 0 Å². The highest BCUT2D eigenvalue weighted by Crippen LogP contribution is 2.29. The molecule has 0 aromatic heterocycles. The molecule has 1 unspecified atom stereocenters. The van der Waals surface area contributed by atoms with Crippen LogP contribution in [0.15, 0.2) is 0 Å². The summed E-state index contributed by atoms with van der Waals surface area (Å²) in [7, 11) is 0. The van der Waals surface area contributed by atoms with Gasteiger partial charge < -0.3 is 5.32 Å². The van der Waals surface area contributed by atoms with Crippen LogP contribution in [0, 0.1) is 17.4 Å². The lowest BCUT2D eigenvalue weighted by molar-refractivity contribution is 0.231. The summed E-state index contributed by atoms with van der Waals surface area (Å²) < 4.78 is 0. The Labute approximate surface area is 77.5 Å². The van der Waals surface area contributed by atoms with E-state index < -0.39 is 0 Å². The zero-order chi connectivity index (χ0) is 9.26. The molecule has 70 valence electrons. The Morgan fingerprint density at radius 3 is 2.69 bits per heavy atom. The first-order valence-corrected chi connectivity index (χ1v) is 4.79. The highest BCUT2D eigenvalue weighted by atomic mass is 16.2. The van der Waals surface area contributed by atoms with E-state index in [1.807, 2.05) is 6.19 Å². The van der Waals surface area contributed by atoms with Crippen LogP contribution in [-0.2, 0) is 0 Å². The zero-order valence-corrected chi connectivity index (χ0v) is 7.49. The Kier molecular flexibility index (Phi) is 2.09. The fraction of sp³-hybridized carbons (Fsp3) is 0.778. The summed E-state index contributed by atoms with van der Waals surface area (Å²) in [5.74, 6) is 0.599. The highest BCUT2D eigenvalue weighted by Gasteiger charge is 2.35. The van der Waals surface area contributed by atoms with Gasteiger partial charge in [0.25, 0.3) is 0 Å². The van der Waals surface area contributed by atoms with Gasteiger partial charge in [-0.15, -0.1) is 0 Å². The van der Waals surface area contributed by atoms with E-state index in [0.717, 1.165) is 0 Å². The van der Waals surface area contributed by atoms with Crippen LogP contribution in [0.4, 0.5) is 4.79 Å². The fourth-order valence-corrected chi connectivity index (χ4v) is 2.27. The smallest absolute Gasteiger partial charge is 0.330 e. The fourth-order valence-electron chi connectivity index (χ4n) is 2.27. The summed E-state index contributed by atoms with van der Waals surface area (Å²) in [6.45, 7) is 0.569. The Morgan fingerprint density at radius 1 is 1.46 bits per heavy atom. The minimum absolute atomic E-state index is 0.217. The van der Waals surface area contributed by atoms with Crippen LogP contribution in [0.2, 0.25) is 0 Å². The van der Waals surface area contributed by atoms with E-state index in [9.17, 15) is 4.79 Å². The number of carbonyl (C=O) groups excluding carboxylic acids is 1. The number of hydrogen-bond donors (Lipinski definition) is 1. The lowest BCUT2D eigenvalue weighted by Crippen LogP contribution is -2.32. The van der Waals surface area contributed by atoms with Crippen molar-refractivity contribution in [2.45, 2.75) is 31.7 Å². The highest BCUT2D eigenvalue weighted by molar-refractivity contribution is 5.78. The van der Waals surface area contributed by atoms with Crippen LogP contribution < -0.4 is 5.32 Å². The maximum atomic E-state index is 11.2. The molecule has 0 aromatic carbocycles. The summed E-state index contributed by atoms with van der Waals surface area (Å²) >= 11 is 0. The number of amides is 2. The molecule has 1 aliphatic heterocycles. The molecule has 1 heterocycles. The molecule has 2 rings (SSSR count). The first-order valence-electron chi connectivity index (χ1n) is 4.79. The third kappa shape index (κ3) is 1.46. The summed E-state index contributed by atoms with van der Waals surface area (Å²) in [5.41, 5.74) is 0. The predicted octanol–water partition coefficient (Wildman–Crippen LogP) is 1.05. The van der Waals surface area contributed by atoms with E-state index in [1.54, 1.807) is 0 Å². The third-order valence-electron chi connectivity index (χ3n) is 3.02. The molecule has 1 saturated carbocycles. The molecule has 2 amide bonds. The molecule has 2 fully saturated rings. The molecule has 0 aromatic rings. The van der Waals surface area contributed by atoms with Crippen LogP contribution in [0.1, 0.15) is 25.7 Å². The van der Waals surface area contributed by atoms with Crippen LogP contribution >= 0.6 is 0 Å². The predicted molar refractivity (Wildman–Crippen MR) is 46.6 cm³/mol. The second-order valence-corrected chi connectivity index (χ2v) is 3.81. The number of urea groups is 1. The number of nitrogens with one attached hydrogen (secondary N) is 1. The summed E-state index contributed by atoms with van der Waals surface area (Å²) in [6, 6.07) is -0.00551. The standard InChI is InChI=1S/C9H13N3O/c10-6-12-5-8(11-9(12)13)7-3-1-2-4-7/h7-8H,1-5H2,(H,11,13). The first kappa shape index (κ1) is 8.36. The van der Waals surface area contributed by atoms with Gasteiger partial charge in [-0.1, -0.05) is 12.8 Å². The lowest BCUT2D eigenvalue weighted by atomic mass is 9.99. The summed E-state index contributed by atoms with van der Waals surface area (Å²) in [6.07, 6.45) is 6.82. The normalized spacial score (nSPS) is 29.0. The Morgan fingerprint density at radius 2 is 2.15 bits per heavy atom. The number of hydrogen-bond acceptors (Lipinski definition) is 2. The monoisotopic (exact) mass is 179 g/mol. The van der Waals surface area contributed by atoms with E-state index in [1.165, 1.54) is 30.6 Å². The third-order valence-corrected chi connectivity index (χ3v) is 3.02. The van der Waals surface area contributed by atoms with E-state index in [2.05, 4.69) is 5.32 Å². The van der Waals surface area contributed by atoms with Crippen LogP contribution in [0.25, 0.3) is 0 Å². The van der Waals surface area contributed by atoms with Crippen LogP contribution in [-0.4, -0.2) is 23.5 Å². The van der Waals surface area contributed by atoms with Gasteiger partial charge in [0.2, 0.25) is 0 Å². The van der Waals surface area contributed by atoms with Crippen molar-refractivity contribution in [1.29, 1.82) is 5.26 Å². The van der Waals surface area contributed by atoms with E-state index in [4.69, 9.17) is 5.26 Å². The number of nitrogens with zero attached hydrogens (tertiary/aromatic N) is 2. The Bertz CT molecular complexity index is 252. The largest absolute Gasteiger partial charge is 0.332 e. The second-order valence-electron chi connectivity index (χ2n) is 3.81. The van der Waals surface area contributed by atoms with Crippen molar-refractivity contribution in [3.8, 4) is 6.19 Å². The van der Waals surface area contributed by atoms with Crippen LogP contribution in [0.5, 0.6) is 0 Å². The van der Waals surface area contributed by atoms with Gasteiger partial charge in [-0.05, 0) is 18.8 Å². The maximum Gasteiger partial charge on any atom is 0.330 e. The molecule has 1 N–H and O–H groups in total. The molecule has 0 bridgehead atoms. The van der Waals surface area contributed by atoms with Gasteiger partial charge in [-0.25, -0.2) is 9.69 Å². The lowest BCUT2D eigenvalue weighted by Gasteiger charge is -2.15. The summed E-state index contributed by atoms with van der Waals surface area (Å²) in [4.78, 5) is 12.4. The van der Waals surface area contributed by atoms with Gasteiger partial charge in [0.05, 0.1) is 12.6 Å². The Balaban J connectivity index is 1.97. The van der Waals surface area contributed by atoms with Gasteiger partial charge in [-0.3, -0.25) is 0 Å². The van der Waals surface area contributed by atoms with Gasteiger partial charge in [-0.2, -0.15) is 5.26 Å². The minimum Gasteiger partial charge on any atom is -0.332 e. The average molecular weight is 179 g/mol. The molecule has 0 spiro atoms. The van der Waals surface area contributed by atoms with Gasteiger partial charge >= 0.3 is 6.03 Å². The van der Waals surface area contributed by atoms with Crippen LogP contribution in [0.3, 0.4) is 0 Å². The van der Waals surface area contributed by atoms with Gasteiger partial charge in [0.15, 0.2) is 6.19 Å². The van der Waals surface area contributed by atoms with Crippen molar-refractivity contribution in [2.24, 2.45) is 5.92 Å². The topological polar surface area (TPSA) is 56.1 Å². The van der Waals surface area contributed by atoms with Crippen molar-refractivity contribution in [1.82, 2.24) is 10.2 Å². The molecular formula is C9H13N3O. The molecular weight excluding hydrogens is 166 g/mol. The van der Waals surface area contributed by atoms with Crippen molar-refractivity contribution in [3.63, 3.8) is 0 Å². The quantitative estimate of drug-likeness (QED) is 0.612. The molecule has 13 heavy (non-hydrogen) atoms. The molecule has 1 atom stereocenters. The number of nitriles is 1. The number of rotatable bonds is 1. The number of carbonyl (C=O) groups is 1. The Hall–Kier alpha value is -1.24. The minimum atomic E-state index is -0.223. The average Bonchev–Trinajstić information content (AvgIpc) is 2.71. The van der Waals surface area contributed by atoms with Crippen molar-refractivity contribution >= 4 is 6.03 Å². The van der Waals surface area contributed by atoms with Gasteiger partial charge in [0.1, 0.15) is 0 Å². The summed E-state index contributed by atoms with van der Waals surface area (Å²) in [5, 5.41) is 11.5. The van der Waals surface area contributed by atoms with Crippen molar-refractivity contribution in [3.05, 3.63) is 0 Å². The van der Waals surface area contributed by atoms with E-state index >= 15 is 0 Å². The molecule has 1 saturated heterocycles. The van der Waals surface area contributed by atoms with E-state index in [-0.39, 0.29) is 12.1 Å². The van der Waals surface area contributed by atoms with Crippen molar-refractivity contribution < 1.29 is 4.79 Å². The maximum absolute atomic E-state index is 11.2. The SMILES string of the molecule is N#CN1CC(C2CCCC2)NC1=O. The molecule has 1 aliphatic carbocycles. The van der Waals surface area contributed by atoms with Crippen molar-refractivity contribution in [2.75, 3.05) is 6.54 Å². The molecule has 0 radical (unpaired) electrons. The molecule has 4 nitrogen and oxygen atoms in total. The molecule has 4 heteroatoms. The zero-order valence-electron chi connectivity index (χ0n) is 7.49. The first-order chi connectivity index (χ1) is 6.31. The van der Waals surface area contributed by atoms with E-state index in [0.29, 0.717) is 12.5 Å². The molecule has 2 aliphatic rings. The second kappa shape index (κ2) is 3.25.